The summed E-state index contributed by atoms with van der Waals surface area (Å²) >= 11 is 7.48. The van der Waals surface area contributed by atoms with Crippen molar-refractivity contribution in [2.24, 2.45) is 0 Å². The maximum Gasteiger partial charge on any atom is 0.134 e. The molecule has 0 atom stereocenters. The van der Waals surface area contributed by atoms with Crippen LogP contribution in [-0.4, -0.2) is 14.8 Å². The van der Waals surface area contributed by atoms with Crippen LogP contribution < -0.4 is 0 Å². The van der Waals surface area contributed by atoms with E-state index in [1.54, 1.807) is 0 Å². The van der Waals surface area contributed by atoms with Gasteiger partial charge in [-0.3, -0.25) is 0 Å². The molecular formula is C31H19ClN4S. The summed E-state index contributed by atoms with van der Waals surface area (Å²) in [5, 5.41) is 20.6. The van der Waals surface area contributed by atoms with Crippen LogP contribution >= 0.6 is 22.9 Å². The normalized spacial score (nSPS) is 11.5. The highest BCUT2D eigenvalue weighted by Crippen LogP contribution is 2.34. The first kappa shape index (κ1) is 22.9. The Hall–Kier alpha value is -4.50. The van der Waals surface area contributed by atoms with Gasteiger partial charge in [-0.15, -0.1) is 11.3 Å². The Bertz CT molecular complexity index is 1790. The van der Waals surface area contributed by atoms with Gasteiger partial charge in [0, 0.05) is 33.3 Å². The molecule has 4 aromatic carbocycles. The highest BCUT2D eigenvalue weighted by atomic mass is 35.5. The van der Waals surface area contributed by atoms with Crippen molar-refractivity contribution in [2.45, 2.75) is 0 Å². The van der Waals surface area contributed by atoms with Gasteiger partial charge in [0.05, 0.1) is 17.0 Å². The van der Waals surface area contributed by atoms with E-state index in [4.69, 9.17) is 21.7 Å². The molecule has 4 nitrogen and oxygen atoms in total. The van der Waals surface area contributed by atoms with Crippen LogP contribution in [0, 0.1) is 11.3 Å². The molecule has 0 radical (unpaired) electrons. The van der Waals surface area contributed by atoms with E-state index in [0.29, 0.717) is 15.6 Å². The second-order valence-corrected chi connectivity index (χ2v) is 9.75. The predicted molar refractivity (Wildman–Crippen MR) is 153 cm³/mol. The fourth-order valence-electron chi connectivity index (χ4n) is 4.30. The SMILES string of the molecule is N#CC(=Cc1cn(-c2ccccc2)nc1-c1cccc2ccccc12)c1nc(-c2ccc(Cl)cc2)cs1. The van der Waals surface area contributed by atoms with E-state index < -0.39 is 0 Å². The van der Waals surface area contributed by atoms with Crippen molar-refractivity contribution in [3.05, 3.63) is 124 Å². The fraction of sp³-hybridized carbons (Fsp3) is 0. The lowest BCUT2D eigenvalue weighted by Gasteiger charge is -2.05. The van der Waals surface area contributed by atoms with Gasteiger partial charge in [0.2, 0.25) is 0 Å². The molecule has 6 heteroatoms. The smallest absolute Gasteiger partial charge is 0.134 e. The summed E-state index contributed by atoms with van der Waals surface area (Å²) in [6.07, 6.45) is 3.85. The van der Waals surface area contributed by atoms with Crippen molar-refractivity contribution < 1.29 is 0 Å². The number of hydrogen-bond acceptors (Lipinski definition) is 4. The molecule has 0 bridgehead atoms. The van der Waals surface area contributed by atoms with E-state index in [9.17, 15) is 5.26 Å². The Kier molecular flexibility index (Phi) is 6.11. The molecule has 0 fully saturated rings. The highest BCUT2D eigenvalue weighted by molar-refractivity contribution is 7.11. The van der Waals surface area contributed by atoms with Gasteiger partial charge in [-0.2, -0.15) is 10.4 Å². The maximum absolute atomic E-state index is 10.1. The molecule has 0 amide bonds. The van der Waals surface area contributed by atoms with Crippen molar-refractivity contribution in [2.75, 3.05) is 0 Å². The van der Waals surface area contributed by atoms with Crippen LogP contribution in [0.15, 0.2) is 109 Å². The molecule has 0 aliphatic carbocycles. The zero-order valence-corrected chi connectivity index (χ0v) is 21.1. The van der Waals surface area contributed by atoms with Crippen molar-refractivity contribution in [3.8, 4) is 34.3 Å². The monoisotopic (exact) mass is 514 g/mol. The lowest BCUT2D eigenvalue weighted by molar-refractivity contribution is 0.884. The van der Waals surface area contributed by atoms with Crippen LogP contribution in [-0.2, 0) is 0 Å². The van der Waals surface area contributed by atoms with E-state index in [-0.39, 0.29) is 0 Å². The van der Waals surface area contributed by atoms with E-state index in [1.807, 2.05) is 95.1 Å². The average Bonchev–Trinajstić information content (AvgIpc) is 3.60. The first-order chi connectivity index (χ1) is 18.2. The lowest BCUT2D eigenvalue weighted by Crippen LogP contribution is -1.94. The number of nitriles is 1. The van der Waals surface area contributed by atoms with E-state index >= 15 is 0 Å². The fourth-order valence-corrected chi connectivity index (χ4v) is 5.22. The summed E-state index contributed by atoms with van der Waals surface area (Å²) in [6, 6.07) is 34.3. The molecule has 2 heterocycles. The Morgan fingerprint density at radius 1 is 0.892 bits per heavy atom. The predicted octanol–water partition coefficient (Wildman–Crippen LogP) is 8.53. The van der Waals surface area contributed by atoms with E-state index in [2.05, 4.69) is 30.3 Å². The minimum atomic E-state index is 0.485. The van der Waals surface area contributed by atoms with Crippen molar-refractivity contribution in [3.63, 3.8) is 0 Å². The Morgan fingerprint density at radius 2 is 1.65 bits per heavy atom. The molecule has 0 N–H and O–H groups in total. The molecule has 0 aliphatic heterocycles. The molecule has 37 heavy (non-hydrogen) atoms. The molecule has 0 saturated heterocycles. The second-order valence-electron chi connectivity index (χ2n) is 8.45. The Morgan fingerprint density at radius 3 is 2.46 bits per heavy atom. The third kappa shape index (κ3) is 4.56. The standard InChI is InChI=1S/C31H19ClN4S/c32-25-15-13-22(14-16-25)29-20-37-31(34-29)23(18-33)17-24-19-36(26-9-2-1-3-10-26)35-30(24)28-12-6-8-21-7-4-5-11-27(21)28/h1-17,19-20H. The van der Waals surface area contributed by atoms with E-state index in [1.165, 1.54) is 11.3 Å². The number of hydrogen-bond donors (Lipinski definition) is 0. The van der Waals surface area contributed by atoms with Gasteiger partial charge in [0.15, 0.2) is 0 Å². The number of para-hydroxylation sites is 1. The summed E-state index contributed by atoms with van der Waals surface area (Å²) in [5.41, 5.74) is 5.87. The van der Waals surface area contributed by atoms with Gasteiger partial charge >= 0.3 is 0 Å². The van der Waals surface area contributed by atoms with Gasteiger partial charge in [0.25, 0.3) is 0 Å². The largest absolute Gasteiger partial charge is 0.240 e. The highest BCUT2D eigenvalue weighted by Gasteiger charge is 2.16. The van der Waals surface area contributed by atoms with Gasteiger partial charge in [0.1, 0.15) is 16.8 Å². The number of aromatic nitrogens is 3. The molecule has 0 aliphatic rings. The van der Waals surface area contributed by atoms with Gasteiger partial charge in [-0.25, -0.2) is 9.67 Å². The van der Waals surface area contributed by atoms with Crippen LogP contribution in [0.1, 0.15) is 10.6 Å². The summed E-state index contributed by atoms with van der Waals surface area (Å²) in [7, 11) is 0. The number of benzene rings is 4. The third-order valence-electron chi connectivity index (χ3n) is 6.10. The van der Waals surface area contributed by atoms with Crippen LogP contribution in [0.25, 0.3) is 50.6 Å². The molecule has 176 valence electrons. The number of nitrogens with zero attached hydrogens (tertiary/aromatic N) is 4. The Labute approximate surface area is 223 Å². The maximum atomic E-state index is 10.1. The number of rotatable bonds is 5. The van der Waals surface area contributed by atoms with Crippen molar-refractivity contribution in [1.82, 2.24) is 14.8 Å². The molecule has 6 aromatic rings. The van der Waals surface area contributed by atoms with Gasteiger partial charge in [-0.05, 0) is 41.1 Å². The summed E-state index contributed by atoms with van der Waals surface area (Å²) in [4.78, 5) is 4.75. The lowest BCUT2D eigenvalue weighted by atomic mass is 9.99. The van der Waals surface area contributed by atoms with Crippen LogP contribution in [0.5, 0.6) is 0 Å². The molecule has 6 rings (SSSR count). The zero-order valence-electron chi connectivity index (χ0n) is 19.5. The van der Waals surface area contributed by atoms with Gasteiger partial charge in [-0.1, -0.05) is 84.4 Å². The van der Waals surface area contributed by atoms with Crippen LogP contribution in [0.3, 0.4) is 0 Å². The topological polar surface area (TPSA) is 54.5 Å². The number of thiazole rings is 1. The minimum Gasteiger partial charge on any atom is -0.240 e. The van der Waals surface area contributed by atoms with E-state index in [0.717, 1.165) is 44.5 Å². The number of fused-ring (bicyclic) bond motifs is 1. The van der Waals surface area contributed by atoms with Gasteiger partial charge < -0.3 is 0 Å². The molecular weight excluding hydrogens is 496 g/mol. The van der Waals surface area contributed by atoms with Crippen molar-refractivity contribution in [1.29, 1.82) is 5.26 Å². The average molecular weight is 515 g/mol. The first-order valence-corrected chi connectivity index (χ1v) is 12.9. The summed E-state index contributed by atoms with van der Waals surface area (Å²) in [5.74, 6) is 0. The molecule has 0 saturated carbocycles. The quantitative estimate of drug-likeness (QED) is 0.216. The molecule has 2 aromatic heterocycles. The van der Waals surface area contributed by atoms with Crippen molar-refractivity contribution >= 4 is 45.4 Å². The number of halogens is 1. The summed E-state index contributed by atoms with van der Waals surface area (Å²) in [6.45, 7) is 0. The second kappa shape index (κ2) is 9.87. The van der Waals surface area contributed by atoms with Crippen LogP contribution in [0.4, 0.5) is 0 Å². The molecule has 0 spiro atoms. The van der Waals surface area contributed by atoms with Crippen LogP contribution in [0.2, 0.25) is 5.02 Å². The Balaban J connectivity index is 1.49. The summed E-state index contributed by atoms with van der Waals surface area (Å²) < 4.78 is 1.86. The zero-order chi connectivity index (χ0) is 25.2. The molecule has 0 unspecified atom stereocenters. The minimum absolute atomic E-state index is 0.485. The third-order valence-corrected chi connectivity index (χ3v) is 7.23. The number of allylic oxidation sites excluding steroid dienone is 1. The first-order valence-electron chi connectivity index (χ1n) is 11.7.